The lowest BCUT2D eigenvalue weighted by Crippen LogP contribution is -2.15. The van der Waals surface area contributed by atoms with Gasteiger partial charge in [-0.25, -0.2) is 19.9 Å². The minimum absolute atomic E-state index is 0.0775. The molecule has 0 saturated heterocycles. The van der Waals surface area contributed by atoms with E-state index in [0.717, 1.165) is 27.1 Å². The number of aromatic nitrogens is 6. The van der Waals surface area contributed by atoms with Crippen LogP contribution >= 0.6 is 0 Å². The number of rotatable bonds is 7. The normalized spacial score (nSPS) is 12.6. The third-order valence-electron chi connectivity index (χ3n) is 10.2. The van der Waals surface area contributed by atoms with E-state index in [-0.39, 0.29) is 28.6 Å². The first-order valence-corrected chi connectivity index (χ1v) is 18.3. The first-order chi connectivity index (χ1) is 28.9. The van der Waals surface area contributed by atoms with Crippen LogP contribution in [0.2, 0.25) is 0 Å². The van der Waals surface area contributed by atoms with Crippen molar-refractivity contribution in [2.24, 2.45) is 0 Å². The molecule has 4 aromatic heterocycles. The van der Waals surface area contributed by atoms with Gasteiger partial charge in [-0.3, -0.25) is 0 Å². The van der Waals surface area contributed by atoms with Gasteiger partial charge in [-0.2, -0.15) is 31.6 Å². The Balaban J connectivity index is 1.36. The van der Waals surface area contributed by atoms with Crippen molar-refractivity contribution in [3.63, 3.8) is 0 Å². The number of fused-ring (bicyclic) bond motifs is 6. The molecule has 0 bridgehead atoms. The van der Waals surface area contributed by atoms with Gasteiger partial charge in [0, 0.05) is 69.1 Å². The number of nitrogens with zero attached hydrogens (tertiary/aromatic N) is 7. The van der Waals surface area contributed by atoms with E-state index in [9.17, 15) is 18.4 Å². The summed E-state index contributed by atoms with van der Waals surface area (Å²) < 4.78 is 88.3. The van der Waals surface area contributed by atoms with E-state index < -0.39 is 23.5 Å². The first-order valence-electron chi connectivity index (χ1n) is 18.3. The average molecular weight is 804 g/mol. The highest BCUT2D eigenvalue weighted by Crippen LogP contribution is 2.44. The van der Waals surface area contributed by atoms with Crippen LogP contribution in [0.25, 0.3) is 83.3 Å². The summed E-state index contributed by atoms with van der Waals surface area (Å²) >= 11 is 0. The summed E-state index contributed by atoms with van der Waals surface area (Å²) in [7, 11) is 0. The Hall–Kier alpha value is -7.85. The Morgan fingerprint density at radius 3 is 1.55 bits per heavy atom. The molecule has 9 rings (SSSR count). The van der Waals surface area contributed by atoms with Gasteiger partial charge >= 0.3 is 12.4 Å². The third-order valence-corrected chi connectivity index (χ3v) is 10.2. The molecule has 0 saturated carbocycles. The largest absolute Gasteiger partial charge is 0.416 e. The molecule has 292 valence electrons. The predicted molar refractivity (Wildman–Crippen MR) is 220 cm³/mol. The second-order valence-corrected chi connectivity index (χ2v) is 13.8. The van der Waals surface area contributed by atoms with Crippen molar-refractivity contribution < 1.29 is 26.3 Å². The van der Waals surface area contributed by atoms with Crippen LogP contribution in [0, 0.1) is 11.3 Å². The second kappa shape index (κ2) is 14.5. The molecule has 7 nitrogen and oxygen atoms in total. The molecule has 13 heteroatoms. The fourth-order valence-electron chi connectivity index (χ4n) is 7.68. The maximum atomic E-state index is 15.0. The van der Waals surface area contributed by atoms with E-state index in [4.69, 9.17) is 0 Å². The Bertz CT molecular complexity index is 3260. The van der Waals surface area contributed by atoms with Gasteiger partial charge in [-0.05, 0) is 84.4 Å². The molecule has 0 aliphatic heterocycles. The topological polar surface area (TPSA) is 85.2 Å². The molecule has 0 aliphatic rings. The number of para-hydroxylation sites is 2. The summed E-state index contributed by atoms with van der Waals surface area (Å²) in [5.74, 6) is 0.945. The quantitative estimate of drug-likeness (QED) is 0.118. The van der Waals surface area contributed by atoms with Crippen LogP contribution < -0.4 is 0 Å². The molecule has 0 spiro atoms. The van der Waals surface area contributed by atoms with Gasteiger partial charge in [0.25, 0.3) is 0 Å². The molecule has 5 aromatic carbocycles. The number of allylic oxidation sites excluding steroid dienone is 5. The number of alkyl halides is 6. The summed E-state index contributed by atoms with van der Waals surface area (Å²) in [4.78, 5) is 17.5. The van der Waals surface area contributed by atoms with Gasteiger partial charge in [-0.15, -0.1) is 0 Å². The van der Waals surface area contributed by atoms with E-state index in [2.05, 4.69) is 32.6 Å². The van der Waals surface area contributed by atoms with Gasteiger partial charge in [-0.1, -0.05) is 49.1 Å². The first kappa shape index (κ1) is 37.7. The SMILES string of the molecule is C=C(/C(=C\C=C/C(F)(F)F)C(F)(F)F)c1cc(-n2c3ccccc3c3cc(-c4ncccn4)ccc32)c(C#N)cc1-n1c2ccccc2c2cc(-c3ncccn3)ccc21. The smallest absolute Gasteiger partial charge is 0.309 e. The molecular weight excluding hydrogens is 777 g/mol. The minimum Gasteiger partial charge on any atom is -0.309 e. The molecule has 4 heterocycles. The monoisotopic (exact) mass is 803 g/mol. The van der Waals surface area contributed by atoms with Crippen molar-refractivity contribution in [1.29, 1.82) is 5.26 Å². The average Bonchev–Trinajstić information content (AvgIpc) is 3.76. The van der Waals surface area contributed by atoms with E-state index in [1.165, 1.54) is 12.1 Å². The lowest BCUT2D eigenvalue weighted by atomic mass is 9.94. The van der Waals surface area contributed by atoms with Crippen LogP contribution in [0.1, 0.15) is 11.1 Å². The van der Waals surface area contributed by atoms with Crippen molar-refractivity contribution in [2.45, 2.75) is 12.4 Å². The molecule has 0 atom stereocenters. The van der Waals surface area contributed by atoms with Crippen molar-refractivity contribution in [1.82, 2.24) is 29.1 Å². The van der Waals surface area contributed by atoms with Crippen molar-refractivity contribution in [3.8, 4) is 40.2 Å². The van der Waals surface area contributed by atoms with Gasteiger partial charge < -0.3 is 9.13 Å². The Morgan fingerprint density at radius 1 is 0.583 bits per heavy atom. The van der Waals surface area contributed by atoms with Crippen LogP contribution in [0.15, 0.2) is 164 Å². The standard InChI is InChI=1S/C47H27F6N7/c1-28(37(47(51,52)53)11-6-18-46(48,49)50)34-26-42(59-38-12-4-2-9-32(38)35-23-29(14-16-40(35)59)44-55-19-7-20-56-44)31(27-54)25-43(34)60-39-13-5-3-10-33(39)36-24-30(15-17-41(36)60)45-57-21-8-22-58-45/h2-26H,1H2/b18-6-,37-11+. The second-order valence-electron chi connectivity index (χ2n) is 13.8. The molecule has 9 aromatic rings. The highest BCUT2D eigenvalue weighted by Gasteiger charge is 2.37. The summed E-state index contributed by atoms with van der Waals surface area (Å²) in [6, 6.07) is 34.3. The number of hydrogen-bond donors (Lipinski definition) is 0. The summed E-state index contributed by atoms with van der Waals surface area (Å²) in [5.41, 5.74) is 2.23. The molecular formula is C47H27F6N7. The van der Waals surface area contributed by atoms with E-state index in [0.29, 0.717) is 51.4 Å². The number of nitriles is 1. The van der Waals surface area contributed by atoms with Crippen LogP contribution in [-0.4, -0.2) is 41.4 Å². The molecule has 0 N–H and O–H groups in total. The Morgan fingerprint density at radius 2 is 1.07 bits per heavy atom. The molecule has 0 unspecified atom stereocenters. The Kier molecular flexibility index (Phi) is 9.12. The number of halogens is 6. The van der Waals surface area contributed by atoms with Gasteiger partial charge in [0.15, 0.2) is 11.6 Å². The zero-order chi connectivity index (χ0) is 41.8. The third kappa shape index (κ3) is 6.63. The maximum absolute atomic E-state index is 15.0. The summed E-state index contributed by atoms with van der Waals surface area (Å²) in [6.07, 6.45) is -3.11. The van der Waals surface area contributed by atoms with Gasteiger partial charge in [0.1, 0.15) is 6.07 Å². The molecule has 60 heavy (non-hydrogen) atoms. The molecule has 0 aliphatic carbocycles. The summed E-state index contributed by atoms with van der Waals surface area (Å²) in [5, 5.41) is 13.9. The van der Waals surface area contributed by atoms with Crippen molar-refractivity contribution >= 4 is 49.2 Å². The molecule has 0 amide bonds. The van der Waals surface area contributed by atoms with E-state index >= 15 is 13.2 Å². The zero-order valence-corrected chi connectivity index (χ0v) is 31.0. The number of benzene rings is 5. The predicted octanol–water partition coefficient (Wildman–Crippen LogP) is 12.3. The molecule has 0 fully saturated rings. The van der Waals surface area contributed by atoms with Crippen molar-refractivity contribution in [2.75, 3.05) is 0 Å². The Labute approximate surface area is 337 Å². The highest BCUT2D eigenvalue weighted by atomic mass is 19.4. The van der Waals surface area contributed by atoms with Crippen LogP contribution in [0.3, 0.4) is 0 Å². The van der Waals surface area contributed by atoms with Crippen LogP contribution in [0.4, 0.5) is 26.3 Å². The van der Waals surface area contributed by atoms with Gasteiger partial charge in [0.05, 0.1) is 44.6 Å². The maximum Gasteiger partial charge on any atom is 0.416 e. The van der Waals surface area contributed by atoms with Crippen molar-refractivity contribution in [3.05, 3.63) is 175 Å². The van der Waals surface area contributed by atoms with E-state index in [1.807, 2.05) is 60.7 Å². The fraction of sp³-hybridized carbons (Fsp3) is 0.0426. The zero-order valence-electron chi connectivity index (χ0n) is 31.0. The lowest BCUT2D eigenvalue weighted by molar-refractivity contribution is -0.0876. The molecule has 0 radical (unpaired) electrons. The fourth-order valence-corrected chi connectivity index (χ4v) is 7.68. The number of hydrogen-bond acceptors (Lipinski definition) is 5. The van der Waals surface area contributed by atoms with Crippen LogP contribution in [-0.2, 0) is 0 Å². The van der Waals surface area contributed by atoms with Gasteiger partial charge in [0.2, 0.25) is 0 Å². The summed E-state index contributed by atoms with van der Waals surface area (Å²) in [6.45, 7) is 3.90. The van der Waals surface area contributed by atoms with E-state index in [1.54, 1.807) is 70.3 Å². The van der Waals surface area contributed by atoms with Crippen LogP contribution in [0.5, 0.6) is 0 Å². The minimum atomic E-state index is -5.13. The highest BCUT2D eigenvalue weighted by molar-refractivity contribution is 6.12. The lowest BCUT2D eigenvalue weighted by Gasteiger charge is -2.22.